The minimum atomic E-state index is -3.51. The summed E-state index contributed by atoms with van der Waals surface area (Å²) >= 11 is 0. The minimum absolute atomic E-state index is 0.0564. The first-order valence-corrected chi connectivity index (χ1v) is 11.7. The molecule has 1 unspecified atom stereocenters. The van der Waals surface area contributed by atoms with Crippen LogP contribution in [0.4, 0.5) is 0 Å². The summed E-state index contributed by atoms with van der Waals surface area (Å²) in [6, 6.07) is 16.0. The molecule has 1 atom stereocenters. The van der Waals surface area contributed by atoms with Gasteiger partial charge in [0.15, 0.2) is 0 Å². The SMILES string of the molecule is Cc1c(C(C)NC(=O)C2CCN(S(=O)(=O)c3ccccc3)CC2)oc2ccccc12. The van der Waals surface area contributed by atoms with E-state index in [-0.39, 0.29) is 17.9 Å². The molecule has 6 nitrogen and oxygen atoms in total. The number of carbonyl (C=O) groups is 1. The summed E-state index contributed by atoms with van der Waals surface area (Å²) in [5, 5.41) is 4.10. The van der Waals surface area contributed by atoms with Crippen molar-refractivity contribution in [1.82, 2.24) is 9.62 Å². The van der Waals surface area contributed by atoms with Gasteiger partial charge in [0.2, 0.25) is 15.9 Å². The van der Waals surface area contributed by atoms with Gasteiger partial charge < -0.3 is 9.73 Å². The quantitative estimate of drug-likeness (QED) is 0.668. The molecule has 1 aromatic heterocycles. The van der Waals surface area contributed by atoms with Crippen molar-refractivity contribution in [2.24, 2.45) is 5.92 Å². The van der Waals surface area contributed by atoms with Crippen molar-refractivity contribution in [2.45, 2.75) is 37.6 Å². The van der Waals surface area contributed by atoms with Crippen LogP contribution in [0.1, 0.15) is 37.1 Å². The van der Waals surface area contributed by atoms with Crippen LogP contribution in [-0.4, -0.2) is 31.7 Å². The largest absolute Gasteiger partial charge is 0.459 e. The van der Waals surface area contributed by atoms with E-state index >= 15 is 0 Å². The van der Waals surface area contributed by atoms with Gasteiger partial charge in [-0.1, -0.05) is 36.4 Å². The Morgan fingerprint density at radius 1 is 1.07 bits per heavy atom. The van der Waals surface area contributed by atoms with E-state index in [2.05, 4.69) is 5.32 Å². The number of nitrogens with one attached hydrogen (secondary N) is 1. The van der Waals surface area contributed by atoms with Gasteiger partial charge in [0, 0.05) is 30.0 Å². The van der Waals surface area contributed by atoms with Crippen molar-refractivity contribution in [2.75, 3.05) is 13.1 Å². The highest BCUT2D eigenvalue weighted by atomic mass is 32.2. The minimum Gasteiger partial charge on any atom is -0.459 e. The zero-order valence-electron chi connectivity index (χ0n) is 17.2. The van der Waals surface area contributed by atoms with Crippen LogP contribution in [0.15, 0.2) is 63.9 Å². The third kappa shape index (κ3) is 3.87. The van der Waals surface area contributed by atoms with E-state index < -0.39 is 10.0 Å². The molecule has 158 valence electrons. The lowest BCUT2D eigenvalue weighted by atomic mass is 9.96. The topological polar surface area (TPSA) is 79.6 Å². The Balaban J connectivity index is 1.39. The summed E-state index contributed by atoms with van der Waals surface area (Å²) in [5.74, 6) is 0.493. The normalized spacial score (nSPS) is 17.1. The Morgan fingerprint density at radius 2 is 1.70 bits per heavy atom. The second-order valence-corrected chi connectivity index (χ2v) is 9.75. The molecule has 2 heterocycles. The Morgan fingerprint density at radius 3 is 2.37 bits per heavy atom. The van der Waals surface area contributed by atoms with E-state index in [1.165, 1.54) is 4.31 Å². The number of aryl methyl sites for hydroxylation is 1. The van der Waals surface area contributed by atoms with Crippen LogP contribution in [0.3, 0.4) is 0 Å². The Kier molecular flexibility index (Phi) is 5.66. The first-order valence-electron chi connectivity index (χ1n) is 10.2. The molecule has 0 bridgehead atoms. The molecule has 3 aromatic rings. The Hall–Kier alpha value is -2.64. The van der Waals surface area contributed by atoms with Crippen LogP contribution in [-0.2, 0) is 14.8 Å². The van der Waals surface area contributed by atoms with Crippen LogP contribution < -0.4 is 5.32 Å². The lowest BCUT2D eigenvalue weighted by Gasteiger charge is -2.31. The smallest absolute Gasteiger partial charge is 0.243 e. The summed E-state index contributed by atoms with van der Waals surface area (Å²) in [5.41, 5.74) is 1.84. The summed E-state index contributed by atoms with van der Waals surface area (Å²) < 4.78 is 33.0. The van der Waals surface area contributed by atoms with Crippen LogP contribution in [0.2, 0.25) is 0 Å². The van der Waals surface area contributed by atoms with Gasteiger partial charge in [-0.05, 0) is 44.9 Å². The van der Waals surface area contributed by atoms with E-state index in [1.807, 2.05) is 38.1 Å². The molecule has 1 amide bonds. The van der Waals surface area contributed by atoms with Gasteiger partial charge in [0.1, 0.15) is 11.3 Å². The molecule has 0 spiro atoms. The predicted octanol–water partition coefficient (Wildman–Crippen LogP) is 4.02. The summed E-state index contributed by atoms with van der Waals surface area (Å²) in [6.45, 7) is 4.59. The number of benzene rings is 2. The van der Waals surface area contributed by atoms with Crippen molar-refractivity contribution >= 4 is 26.9 Å². The number of hydrogen-bond donors (Lipinski definition) is 1. The molecule has 4 rings (SSSR count). The second-order valence-electron chi connectivity index (χ2n) is 7.81. The zero-order valence-corrected chi connectivity index (χ0v) is 18.0. The van der Waals surface area contributed by atoms with E-state index in [4.69, 9.17) is 4.42 Å². The van der Waals surface area contributed by atoms with Gasteiger partial charge in [0.25, 0.3) is 0 Å². The van der Waals surface area contributed by atoms with Gasteiger partial charge >= 0.3 is 0 Å². The maximum atomic E-state index is 12.8. The van der Waals surface area contributed by atoms with E-state index in [0.29, 0.717) is 30.8 Å². The first kappa shape index (κ1) is 20.6. The molecule has 1 N–H and O–H groups in total. The van der Waals surface area contributed by atoms with Gasteiger partial charge in [0.05, 0.1) is 10.9 Å². The lowest BCUT2D eigenvalue weighted by molar-refractivity contribution is -0.126. The molecule has 0 saturated carbocycles. The van der Waals surface area contributed by atoms with Crippen LogP contribution >= 0.6 is 0 Å². The highest BCUT2D eigenvalue weighted by Crippen LogP contribution is 2.30. The summed E-state index contributed by atoms with van der Waals surface area (Å²) in [4.78, 5) is 13.1. The highest BCUT2D eigenvalue weighted by molar-refractivity contribution is 7.89. The maximum Gasteiger partial charge on any atom is 0.243 e. The van der Waals surface area contributed by atoms with Gasteiger partial charge in [-0.3, -0.25) is 4.79 Å². The first-order chi connectivity index (χ1) is 14.4. The third-order valence-electron chi connectivity index (χ3n) is 5.84. The molecule has 0 radical (unpaired) electrons. The molecule has 0 aliphatic carbocycles. The van der Waals surface area contributed by atoms with Crippen LogP contribution in [0.5, 0.6) is 0 Å². The third-order valence-corrected chi connectivity index (χ3v) is 7.75. The van der Waals surface area contributed by atoms with Crippen LogP contribution in [0, 0.1) is 12.8 Å². The number of rotatable bonds is 5. The number of piperidine rings is 1. The molecule has 1 aliphatic rings. The Labute approximate surface area is 176 Å². The number of para-hydroxylation sites is 1. The molecule has 2 aromatic carbocycles. The number of carbonyl (C=O) groups excluding carboxylic acids is 1. The van der Waals surface area contributed by atoms with Crippen molar-refractivity contribution in [3.63, 3.8) is 0 Å². The van der Waals surface area contributed by atoms with Crippen molar-refractivity contribution < 1.29 is 17.6 Å². The molecule has 1 saturated heterocycles. The van der Waals surface area contributed by atoms with Crippen LogP contribution in [0.25, 0.3) is 11.0 Å². The standard InChI is InChI=1S/C23H26N2O4S/c1-16-20-10-6-7-11-21(20)29-22(16)17(2)24-23(26)18-12-14-25(15-13-18)30(27,28)19-8-4-3-5-9-19/h3-11,17-18H,12-15H2,1-2H3,(H,24,26). The van der Waals surface area contributed by atoms with Crippen molar-refractivity contribution in [3.8, 4) is 0 Å². The number of hydrogen-bond acceptors (Lipinski definition) is 4. The lowest BCUT2D eigenvalue weighted by Crippen LogP contribution is -2.43. The Bertz CT molecular complexity index is 1150. The maximum absolute atomic E-state index is 12.8. The fourth-order valence-electron chi connectivity index (χ4n) is 4.10. The average Bonchev–Trinajstić information content (AvgIpc) is 3.11. The zero-order chi connectivity index (χ0) is 21.3. The van der Waals surface area contributed by atoms with E-state index in [0.717, 1.165) is 22.3 Å². The monoisotopic (exact) mass is 426 g/mol. The number of furan rings is 1. The van der Waals surface area contributed by atoms with E-state index in [9.17, 15) is 13.2 Å². The van der Waals surface area contributed by atoms with Gasteiger partial charge in [-0.25, -0.2) is 8.42 Å². The molecule has 1 fully saturated rings. The highest BCUT2D eigenvalue weighted by Gasteiger charge is 2.32. The predicted molar refractivity (Wildman–Crippen MR) is 115 cm³/mol. The van der Waals surface area contributed by atoms with Gasteiger partial charge in [-0.2, -0.15) is 4.31 Å². The number of sulfonamides is 1. The molecular formula is C23H26N2O4S. The molecule has 1 aliphatic heterocycles. The van der Waals surface area contributed by atoms with Gasteiger partial charge in [-0.15, -0.1) is 0 Å². The summed E-state index contributed by atoms with van der Waals surface area (Å²) in [6.07, 6.45) is 1.01. The number of fused-ring (bicyclic) bond motifs is 1. The molecule has 7 heteroatoms. The molecule has 30 heavy (non-hydrogen) atoms. The fraction of sp³-hybridized carbons (Fsp3) is 0.348. The summed E-state index contributed by atoms with van der Waals surface area (Å²) in [7, 11) is -3.51. The number of nitrogens with zero attached hydrogens (tertiary/aromatic N) is 1. The van der Waals surface area contributed by atoms with Crippen molar-refractivity contribution in [1.29, 1.82) is 0 Å². The molecular weight excluding hydrogens is 400 g/mol. The fourth-order valence-corrected chi connectivity index (χ4v) is 5.59. The van der Waals surface area contributed by atoms with Crippen molar-refractivity contribution in [3.05, 3.63) is 65.9 Å². The number of amides is 1. The average molecular weight is 427 g/mol. The second kappa shape index (κ2) is 8.24. The van der Waals surface area contributed by atoms with E-state index in [1.54, 1.807) is 30.3 Å².